The largest absolute Gasteiger partial charge is 0.325 e. The lowest BCUT2D eigenvalue weighted by atomic mass is 10.1. The first kappa shape index (κ1) is 19.9. The molecule has 0 radical (unpaired) electrons. The number of carbonyl (C=O) groups excluding carboxylic acids is 1. The smallest absolute Gasteiger partial charge is 0.242 e. The van der Waals surface area contributed by atoms with Crippen LogP contribution in [-0.2, 0) is 4.79 Å². The van der Waals surface area contributed by atoms with Crippen LogP contribution in [0.1, 0.15) is 21.9 Å². The highest BCUT2D eigenvalue weighted by atomic mass is 32.2. The lowest BCUT2D eigenvalue weighted by molar-refractivity contribution is -0.115. The van der Waals surface area contributed by atoms with Crippen molar-refractivity contribution in [2.45, 2.75) is 24.3 Å². The van der Waals surface area contributed by atoms with Gasteiger partial charge < -0.3 is 5.32 Å². The molecule has 1 heterocycles. The number of anilines is 1. The van der Waals surface area contributed by atoms with E-state index in [1.165, 1.54) is 11.8 Å². The molecule has 0 aliphatic heterocycles. The summed E-state index contributed by atoms with van der Waals surface area (Å²) in [6.07, 6.45) is 0. The number of rotatable bonds is 6. The summed E-state index contributed by atoms with van der Waals surface area (Å²) in [5.74, 6) is 0.575. The summed E-state index contributed by atoms with van der Waals surface area (Å²) in [5.41, 5.74) is 4.79. The average molecular weight is 415 g/mol. The fourth-order valence-corrected chi connectivity index (χ4v) is 4.01. The Bertz CT molecular complexity index is 1140. The molecule has 1 aromatic heterocycles. The standard InChI is InChI=1S/C24H22N4OS/c1-16-13-14-17(2)20(15-16)25-23(29)21(18-9-5-3-6-10-18)30-24-26-22(27-28-24)19-11-7-4-8-12-19/h3-15,21H,1-2H3,(H,25,29)(H,26,27,28). The predicted octanol–water partition coefficient (Wildman–Crippen LogP) is 5.56. The van der Waals surface area contributed by atoms with Crippen LogP contribution in [0.3, 0.4) is 0 Å². The highest BCUT2D eigenvalue weighted by molar-refractivity contribution is 8.00. The van der Waals surface area contributed by atoms with Crippen molar-refractivity contribution in [1.29, 1.82) is 0 Å². The van der Waals surface area contributed by atoms with E-state index >= 15 is 0 Å². The molecule has 3 aromatic carbocycles. The third kappa shape index (κ3) is 4.60. The topological polar surface area (TPSA) is 70.7 Å². The van der Waals surface area contributed by atoms with Crippen molar-refractivity contribution < 1.29 is 4.79 Å². The molecular weight excluding hydrogens is 392 g/mol. The van der Waals surface area contributed by atoms with Crippen molar-refractivity contribution in [3.05, 3.63) is 95.6 Å². The Morgan fingerprint density at radius 2 is 1.67 bits per heavy atom. The molecule has 6 heteroatoms. The SMILES string of the molecule is Cc1ccc(C)c(NC(=O)C(Sc2n[nH]c(-c3ccccc3)n2)c2ccccc2)c1. The van der Waals surface area contributed by atoms with E-state index < -0.39 is 5.25 Å². The number of benzene rings is 3. The van der Waals surface area contributed by atoms with Gasteiger partial charge in [0.05, 0.1) is 0 Å². The predicted molar refractivity (Wildman–Crippen MR) is 121 cm³/mol. The Kier molecular flexibility index (Phi) is 5.95. The molecule has 0 spiro atoms. The summed E-state index contributed by atoms with van der Waals surface area (Å²) >= 11 is 1.33. The Morgan fingerprint density at radius 1 is 0.967 bits per heavy atom. The first-order chi connectivity index (χ1) is 14.6. The van der Waals surface area contributed by atoms with Crippen LogP contribution in [0.15, 0.2) is 84.0 Å². The van der Waals surface area contributed by atoms with Crippen LogP contribution in [0.2, 0.25) is 0 Å². The van der Waals surface area contributed by atoms with E-state index in [1.807, 2.05) is 92.7 Å². The first-order valence-electron chi connectivity index (χ1n) is 9.68. The molecule has 1 atom stereocenters. The lowest BCUT2D eigenvalue weighted by Gasteiger charge is -2.17. The molecule has 0 saturated carbocycles. The number of carbonyl (C=O) groups is 1. The van der Waals surface area contributed by atoms with Crippen molar-refractivity contribution in [1.82, 2.24) is 15.2 Å². The summed E-state index contributed by atoms with van der Waals surface area (Å²) in [7, 11) is 0. The van der Waals surface area contributed by atoms with Gasteiger partial charge in [-0.05, 0) is 36.6 Å². The number of H-pyrrole nitrogens is 1. The monoisotopic (exact) mass is 414 g/mol. The Morgan fingerprint density at radius 3 is 2.40 bits per heavy atom. The first-order valence-corrected chi connectivity index (χ1v) is 10.6. The van der Waals surface area contributed by atoms with Gasteiger partial charge in [0, 0.05) is 11.3 Å². The molecule has 1 unspecified atom stereocenters. The molecule has 0 aliphatic rings. The molecule has 0 fully saturated rings. The minimum Gasteiger partial charge on any atom is -0.325 e. The van der Waals surface area contributed by atoms with Crippen LogP contribution >= 0.6 is 11.8 Å². The van der Waals surface area contributed by atoms with E-state index in [2.05, 4.69) is 20.5 Å². The zero-order valence-electron chi connectivity index (χ0n) is 16.8. The summed E-state index contributed by atoms with van der Waals surface area (Å²) in [6.45, 7) is 4.00. The minimum atomic E-state index is -0.481. The zero-order valence-corrected chi connectivity index (χ0v) is 17.6. The lowest BCUT2D eigenvalue weighted by Crippen LogP contribution is -2.19. The number of aryl methyl sites for hydroxylation is 2. The third-order valence-corrected chi connectivity index (χ3v) is 5.84. The number of aromatic amines is 1. The van der Waals surface area contributed by atoms with Crippen molar-refractivity contribution >= 4 is 23.4 Å². The van der Waals surface area contributed by atoms with Gasteiger partial charge in [0.1, 0.15) is 5.25 Å². The number of nitrogens with zero attached hydrogens (tertiary/aromatic N) is 2. The number of aromatic nitrogens is 3. The van der Waals surface area contributed by atoms with Crippen molar-refractivity contribution in [3.63, 3.8) is 0 Å². The van der Waals surface area contributed by atoms with Gasteiger partial charge in [-0.1, -0.05) is 84.6 Å². The summed E-state index contributed by atoms with van der Waals surface area (Å²) < 4.78 is 0. The highest BCUT2D eigenvalue weighted by Crippen LogP contribution is 2.35. The number of hydrogen-bond acceptors (Lipinski definition) is 4. The van der Waals surface area contributed by atoms with Crippen LogP contribution in [0.25, 0.3) is 11.4 Å². The maximum absolute atomic E-state index is 13.3. The van der Waals surface area contributed by atoms with Crippen molar-refractivity contribution in [3.8, 4) is 11.4 Å². The normalized spacial score (nSPS) is 11.8. The maximum atomic E-state index is 13.3. The number of amides is 1. The van der Waals surface area contributed by atoms with E-state index in [9.17, 15) is 4.79 Å². The van der Waals surface area contributed by atoms with Gasteiger partial charge in [-0.15, -0.1) is 5.10 Å². The summed E-state index contributed by atoms with van der Waals surface area (Å²) in [5, 5.41) is 10.4. The second-order valence-electron chi connectivity index (χ2n) is 7.05. The van der Waals surface area contributed by atoms with Gasteiger partial charge in [0.25, 0.3) is 0 Å². The van der Waals surface area contributed by atoms with E-state index in [1.54, 1.807) is 0 Å². The van der Waals surface area contributed by atoms with Crippen LogP contribution in [0, 0.1) is 13.8 Å². The summed E-state index contributed by atoms with van der Waals surface area (Å²) in [4.78, 5) is 17.8. The zero-order chi connectivity index (χ0) is 20.9. The van der Waals surface area contributed by atoms with Gasteiger partial charge in [0.15, 0.2) is 5.82 Å². The maximum Gasteiger partial charge on any atom is 0.242 e. The van der Waals surface area contributed by atoms with Gasteiger partial charge in [-0.25, -0.2) is 4.98 Å². The van der Waals surface area contributed by atoms with Crippen LogP contribution < -0.4 is 5.32 Å². The van der Waals surface area contributed by atoms with Crippen LogP contribution in [0.4, 0.5) is 5.69 Å². The molecule has 4 rings (SSSR count). The van der Waals surface area contributed by atoms with Crippen LogP contribution in [0.5, 0.6) is 0 Å². The fraction of sp³-hybridized carbons (Fsp3) is 0.125. The van der Waals surface area contributed by atoms with Crippen molar-refractivity contribution in [2.24, 2.45) is 0 Å². The van der Waals surface area contributed by atoms with Gasteiger partial charge >= 0.3 is 0 Å². The number of hydrogen-bond donors (Lipinski definition) is 2. The Balaban J connectivity index is 1.60. The molecule has 0 bridgehead atoms. The van der Waals surface area contributed by atoms with E-state index in [4.69, 9.17) is 0 Å². The molecule has 0 saturated heterocycles. The number of thioether (sulfide) groups is 1. The minimum absolute atomic E-state index is 0.106. The molecule has 30 heavy (non-hydrogen) atoms. The Hall–Kier alpha value is -3.38. The second kappa shape index (κ2) is 8.97. The molecular formula is C24H22N4OS. The van der Waals surface area contributed by atoms with Gasteiger partial charge in [-0.3, -0.25) is 9.89 Å². The van der Waals surface area contributed by atoms with Gasteiger partial charge in [0.2, 0.25) is 11.1 Å². The molecule has 5 nitrogen and oxygen atoms in total. The van der Waals surface area contributed by atoms with E-state index in [0.717, 1.165) is 27.9 Å². The second-order valence-corrected chi connectivity index (χ2v) is 8.12. The third-order valence-electron chi connectivity index (χ3n) is 4.73. The summed E-state index contributed by atoms with van der Waals surface area (Å²) in [6, 6.07) is 25.5. The molecule has 150 valence electrons. The quantitative estimate of drug-likeness (QED) is 0.405. The van der Waals surface area contributed by atoms with Crippen molar-refractivity contribution in [2.75, 3.05) is 5.32 Å². The van der Waals surface area contributed by atoms with E-state index in [0.29, 0.717) is 11.0 Å². The van der Waals surface area contributed by atoms with E-state index in [-0.39, 0.29) is 5.91 Å². The fourth-order valence-electron chi connectivity index (χ4n) is 3.10. The number of nitrogens with one attached hydrogen (secondary N) is 2. The molecule has 2 N–H and O–H groups in total. The van der Waals surface area contributed by atoms with Gasteiger partial charge in [-0.2, -0.15) is 0 Å². The molecule has 0 aliphatic carbocycles. The molecule has 1 amide bonds. The average Bonchev–Trinajstić information content (AvgIpc) is 3.24. The highest BCUT2D eigenvalue weighted by Gasteiger charge is 2.24. The van der Waals surface area contributed by atoms with Crippen LogP contribution in [-0.4, -0.2) is 21.1 Å². The molecule has 4 aromatic rings. The Labute approximate surface area is 180 Å².